The van der Waals surface area contributed by atoms with Gasteiger partial charge in [-0.05, 0) is 31.2 Å². The van der Waals surface area contributed by atoms with E-state index in [0.717, 1.165) is 18.2 Å². The highest BCUT2D eigenvalue weighted by molar-refractivity contribution is 6.06. The van der Waals surface area contributed by atoms with Crippen molar-refractivity contribution in [2.45, 2.75) is 6.92 Å². The molecule has 104 valence electrons. The van der Waals surface area contributed by atoms with Crippen LogP contribution in [0.5, 0.6) is 5.75 Å². The molecule has 2 aromatic carbocycles. The molecule has 5 heteroatoms. The number of hydrogen-bond acceptors (Lipinski definition) is 2. The van der Waals surface area contributed by atoms with Gasteiger partial charge in [0.25, 0.3) is 5.91 Å². The Balaban J connectivity index is 2.26. The van der Waals surface area contributed by atoms with Gasteiger partial charge in [-0.25, -0.2) is 8.78 Å². The summed E-state index contributed by atoms with van der Waals surface area (Å²) in [6.07, 6.45) is 0. The summed E-state index contributed by atoms with van der Waals surface area (Å²) >= 11 is 0. The van der Waals surface area contributed by atoms with Gasteiger partial charge in [0.2, 0.25) is 0 Å². The van der Waals surface area contributed by atoms with Gasteiger partial charge in [-0.1, -0.05) is 12.1 Å². The third-order valence-electron chi connectivity index (χ3n) is 2.61. The van der Waals surface area contributed by atoms with Gasteiger partial charge in [0.1, 0.15) is 17.4 Å². The van der Waals surface area contributed by atoms with Crippen LogP contribution in [0.1, 0.15) is 17.3 Å². The predicted octanol–water partition coefficient (Wildman–Crippen LogP) is 3.62. The minimum absolute atomic E-state index is 0.207. The van der Waals surface area contributed by atoms with Crippen molar-refractivity contribution < 1.29 is 18.3 Å². The molecule has 0 aliphatic heterocycles. The first-order valence-electron chi connectivity index (χ1n) is 6.10. The molecule has 0 saturated heterocycles. The summed E-state index contributed by atoms with van der Waals surface area (Å²) in [7, 11) is 0. The smallest absolute Gasteiger partial charge is 0.259 e. The molecule has 0 saturated carbocycles. The Hall–Kier alpha value is -2.43. The number of para-hydroxylation sites is 1. The molecule has 0 heterocycles. The second-order valence-electron chi connectivity index (χ2n) is 4.01. The Morgan fingerprint density at radius 1 is 1.20 bits per heavy atom. The number of nitrogens with one attached hydrogen (secondary N) is 1. The Morgan fingerprint density at radius 3 is 2.70 bits per heavy atom. The fourth-order valence-corrected chi connectivity index (χ4v) is 1.72. The Bertz CT molecular complexity index is 629. The monoisotopic (exact) mass is 277 g/mol. The second-order valence-corrected chi connectivity index (χ2v) is 4.01. The van der Waals surface area contributed by atoms with Crippen LogP contribution in [0.2, 0.25) is 0 Å². The minimum Gasteiger partial charge on any atom is -0.493 e. The first-order chi connectivity index (χ1) is 9.61. The minimum atomic E-state index is -0.700. The molecule has 0 radical (unpaired) electrons. The Morgan fingerprint density at radius 2 is 1.95 bits per heavy atom. The molecule has 0 bridgehead atoms. The van der Waals surface area contributed by atoms with Gasteiger partial charge < -0.3 is 10.1 Å². The molecule has 0 atom stereocenters. The van der Waals surface area contributed by atoms with Crippen molar-refractivity contribution in [1.82, 2.24) is 0 Å². The van der Waals surface area contributed by atoms with Crippen LogP contribution in [-0.2, 0) is 0 Å². The van der Waals surface area contributed by atoms with E-state index in [1.54, 1.807) is 31.2 Å². The molecule has 1 amide bonds. The van der Waals surface area contributed by atoms with E-state index in [1.165, 1.54) is 0 Å². The molecule has 0 unspecified atom stereocenters. The molecule has 0 spiro atoms. The van der Waals surface area contributed by atoms with Crippen LogP contribution in [0.15, 0.2) is 42.5 Å². The average molecular weight is 277 g/mol. The van der Waals surface area contributed by atoms with Crippen LogP contribution < -0.4 is 10.1 Å². The van der Waals surface area contributed by atoms with Gasteiger partial charge in [-0.2, -0.15) is 0 Å². The summed E-state index contributed by atoms with van der Waals surface area (Å²) in [6.45, 7) is 2.19. The van der Waals surface area contributed by atoms with E-state index >= 15 is 0 Å². The van der Waals surface area contributed by atoms with Gasteiger partial charge in [0.05, 0.1) is 17.9 Å². The van der Waals surface area contributed by atoms with Crippen molar-refractivity contribution in [1.29, 1.82) is 0 Å². The zero-order valence-electron chi connectivity index (χ0n) is 10.8. The largest absolute Gasteiger partial charge is 0.493 e. The Labute approximate surface area is 115 Å². The van der Waals surface area contributed by atoms with E-state index in [-0.39, 0.29) is 11.3 Å². The van der Waals surface area contributed by atoms with Crippen LogP contribution in [0.25, 0.3) is 0 Å². The lowest BCUT2D eigenvalue weighted by Gasteiger charge is -2.11. The third-order valence-corrected chi connectivity index (χ3v) is 2.61. The molecule has 20 heavy (non-hydrogen) atoms. The van der Waals surface area contributed by atoms with Crippen LogP contribution in [0, 0.1) is 11.6 Å². The highest BCUT2D eigenvalue weighted by Gasteiger charge is 2.14. The topological polar surface area (TPSA) is 38.3 Å². The molecule has 0 fully saturated rings. The number of carbonyl (C=O) groups excluding carboxylic acids is 1. The number of halogens is 2. The third kappa shape index (κ3) is 3.12. The highest BCUT2D eigenvalue weighted by atomic mass is 19.1. The number of amides is 1. The second kappa shape index (κ2) is 6.14. The summed E-state index contributed by atoms with van der Waals surface area (Å²) < 4.78 is 31.9. The summed E-state index contributed by atoms with van der Waals surface area (Å²) in [6, 6.07) is 9.46. The standard InChI is InChI=1S/C15H13F2NO2/c1-2-20-14-6-4-3-5-11(14)15(19)18-13-9-10(16)7-8-12(13)17/h3-9H,2H2,1H3,(H,18,19). The van der Waals surface area contributed by atoms with Crippen molar-refractivity contribution in [3.05, 3.63) is 59.7 Å². The molecule has 0 aromatic heterocycles. The molecule has 0 aliphatic carbocycles. The number of ether oxygens (including phenoxy) is 1. The molecule has 0 aliphatic rings. The number of rotatable bonds is 4. The maximum Gasteiger partial charge on any atom is 0.259 e. The molecule has 1 N–H and O–H groups in total. The number of carbonyl (C=O) groups is 1. The number of hydrogen-bond donors (Lipinski definition) is 1. The first kappa shape index (κ1) is 14.0. The van der Waals surface area contributed by atoms with Gasteiger partial charge in [0.15, 0.2) is 0 Å². The first-order valence-corrected chi connectivity index (χ1v) is 6.10. The predicted molar refractivity (Wildman–Crippen MR) is 71.9 cm³/mol. The lowest BCUT2D eigenvalue weighted by atomic mass is 10.2. The fraction of sp³-hybridized carbons (Fsp3) is 0.133. The normalized spacial score (nSPS) is 10.2. The average Bonchev–Trinajstić information content (AvgIpc) is 2.44. The van der Waals surface area contributed by atoms with Crippen molar-refractivity contribution >= 4 is 11.6 Å². The summed E-state index contributed by atoms with van der Waals surface area (Å²) in [5.41, 5.74) is 0.0549. The molecule has 3 nitrogen and oxygen atoms in total. The maximum absolute atomic E-state index is 13.5. The van der Waals surface area contributed by atoms with Gasteiger partial charge >= 0.3 is 0 Å². The van der Waals surface area contributed by atoms with Gasteiger partial charge in [0, 0.05) is 6.07 Å². The fourth-order valence-electron chi connectivity index (χ4n) is 1.72. The number of benzene rings is 2. The van der Waals surface area contributed by atoms with Crippen molar-refractivity contribution in [2.24, 2.45) is 0 Å². The van der Waals surface area contributed by atoms with E-state index in [0.29, 0.717) is 12.4 Å². The van der Waals surface area contributed by atoms with Gasteiger partial charge in [-0.3, -0.25) is 4.79 Å². The van der Waals surface area contributed by atoms with Crippen LogP contribution in [-0.4, -0.2) is 12.5 Å². The van der Waals surface area contributed by atoms with E-state index in [4.69, 9.17) is 4.74 Å². The van der Waals surface area contributed by atoms with Crippen molar-refractivity contribution in [2.75, 3.05) is 11.9 Å². The summed E-state index contributed by atoms with van der Waals surface area (Å²) in [5, 5.41) is 2.33. The SMILES string of the molecule is CCOc1ccccc1C(=O)Nc1cc(F)ccc1F. The van der Waals surface area contributed by atoms with Crippen LogP contribution >= 0.6 is 0 Å². The molecular weight excluding hydrogens is 264 g/mol. The lowest BCUT2D eigenvalue weighted by molar-refractivity contribution is 0.102. The van der Waals surface area contributed by atoms with Crippen molar-refractivity contribution in [3.8, 4) is 5.75 Å². The summed E-state index contributed by atoms with van der Waals surface area (Å²) in [4.78, 5) is 12.1. The van der Waals surface area contributed by atoms with Crippen LogP contribution in [0.3, 0.4) is 0 Å². The summed E-state index contributed by atoms with van der Waals surface area (Å²) in [5.74, 6) is -1.49. The molecule has 2 aromatic rings. The maximum atomic E-state index is 13.5. The quantitative estimate of drug-likeness (QED) is 0.927. The van der Waals surface area contributed by atoms with E-state index < -0.39 is 17.5 Å². The van der Waals surface area contributed by atoms with E-state index in [2.05, 4.69) is 5.32 Å². The zero-order valence-corrected chi connectivity index (χ0v) is 10.8. The lowest BCUT2D eigenvalue weighted by Crippen LogP contribution is -2.14. The number of anilines is 1. The highest BCUT2D eigenvalue weighted by Crippen LogP contribution is 2.21. The van der Waals surface area contributed by atoms with Gasteiger partial charge in [-0.15, -0.1) is 0 Å². The van der Waals surface area contributed by atoms with E-state index in [9.17, 15) is 13.6 Å². The molecular formula is C15H13F2NO2. The Kier molecular flexibility index (Phi) is 4.30. The zero-order chi connectivity index (χ0) is 14.5. The van der Waals surface area contributed by atoms with Crippen LogP contribution in [0.4, 0.5) is 14.5 Å². The van der Waals surface area contributed by atoms with Crippen molar-refractivity contribution in [3.63, 3.8) is 0 Å². The molecule has 2 rings (SSSR count). The van der Waals surface area contributed by atoms with E-state index in [1.807, 2.05) is 0 Å².